The highest BCUT2D eigenvalue weighted by Crippen LogP contribution is 2.42. The highest BCUT2D eigenvalue weighted by Gasteiger charge is 2.36. The number of hydrogen-bond donors (Lipinski definition) is 1. The second kappa shape index (κ2) is 8.23. The van der Waals surface area contributed by atoms with E-state index >= 15 is 0 Å². The number of rotatable bonds is 5. The summed E-state index contributed by atoms with van der Waals surface area (Å²) in [7, 11) is 0. The van der Waals surface area contributed by atoms with Crippen LogP contribution in [0.3, 0.4) is 0 Å². The first-order valence-electron chi connectivity index (χ1n) is 11.4. The first-order chi connectivity index (χ1) is 15.0. The van der Waals surface area contributed by atoms with E-state index in [0.717, 1.165) is 49.6 Å². The Morgan fingerprint density at radius 1 is 0.935 bits per heavy atom. The van der Waals surface area contributed by atoms with Crippen molar-refractivity contribution in [2.45, 2.75) is 57.1 Å². The number of aliphatic hydroxyl groups excluding tert-OH is 1. The van der Waals surface area contributed by atoms with Gasteiger partial charge >= 0.3 is 0 Å². The van der Waals surface area contributed by atoms with E-state index in [9.17, 15) is 18.7 Å². The summed E-state index contributed by atoms with van der Waals surface area (Å²) in [5.74, 6) is -0.383. The van der Waals surface area contributed by atoms with Gasteiger partial charge in [-0.3, -0.25) is 4.79 Å². The predicted octanol–water partition coefficient (Wildman–Crippen LogP) is 5.18. The zero-order chi connectivity index (χ0) is 21.5. The number of halogens is 2. The number of carbonyl (C=O) groups is 1. The molecule has 1 aliphatic heterocycles. The van der Waals surface area contributed by atoms with Crippen molar-refractivity contribution in [1.29, 1.82) is 0 Å². The van der Waals surface area contributed by atoms with Crippen LogP contribution in [0.4, 0.5) is 8.78 Å². The molecule has 1 aliphatic carbocycles. The van der Waals surface area contributed by atoms with Crippen molar-refractivity contribution in [3.05, 3.63) is 48.0 Å². The molecule has 1 saturated heterocycles. The number of fused-ring (bicyclic) bond motifs is 3. The van der Waals surface area contributed by atoms with Crippen molar-refractivity contribution >= 4 is 27.7 Å². The largest absolute Gasteiger partial charge is 0.389 e. The summed E-state index contributed by atoms with van der Waals surface area (Å²) < 4.78 is 30.3. The number of likely N-dealkylation sites (tertiary alicyclic amines) is 1. The van der Waals surface area contributed by atoms with E-state index in [1.807, 2.05) is 0 Å². The molecule has 1 N–H and O–H groups in total. The third kappa shape index (κ3) is 3.71. The average molecular weight is 427 g/mol. The molecule has 2 unspecified atom stereocenters. The van der Waals surface area contributed by atoms with Gasteiger partial charge in [0.2, 0.25) is 5.91 Å². The Bertz CT molecular complexity index is 1060. The Morgan fingerprint density at radius 3 is 2.13 bits per heavy atom. The van der Waals surface area contributed by atoms with Gasteiger partial charge in [0.15, 0.2) is 0 Å². The molecule has 2 fully saturated rings. The van der Waals surface area contributed by atoms with E-state index in [-0.39, 0.29) is 29.5 Å². The minimum Gasteiger partial charge on any atom is -0.389 e. The maximum atomic E-state index is 14.1. The molecule has 2 aliphatic rings. The molecule has 164 valence electrons. The van der Waals surface area contributed by atoms with Crippen molar-refractivity contribution < 1.29 is 18.7 Å². The zero-order valence-corrected chi connectivity index (χ0v) is 17.6. The van der Waals surface area contributed by atoms with E-state index in [2.05, 4.69) is 4.57 Å². The van der Waals surface area contributed by atoms with E-state index in [1.165, 1.54) is 24.3 Å². The second-order valence-corrected chi connectivity index (χ2v) is 9.09. The summed E-state index contributed by atoms with van der Waals surface area (Å²) in [5.41, 5.74) is 1.59. The number of hydrogen-bond acceptors (Lipinski definition) is 2. The smallest absolute Gasteiger partial charge is 0.222 e. The Kier molecular flexibility index (Phi) is 5.42. The van der Waals surface area contributed by atoms with Crippen molar-refractivity contribution in [1.82, 2.24) is 9.47 Å². The van der Waals surface area contributed by atoms with Crippen molar-refractivity contribution in [2.75, 3.05) is 13.1 Å². The lowest BCUT2D eigenvalue weighted by molar-refractivity contribution is -0.135. The average Bonchev–Trinajstić information content (AvgIpc) is 3.37. The van der Waals surface area contributed by atoms with Gasteiger partial charge in [-0.05, 0) is 68.0 Å². The van der Waals surface area contributed by atoms with Gasteiger partial charge in [0.1, 0.15) is 11.6 Å². The monoisotopic (exact) mass is 426 g/mol. The summed E-state index contributed by atoms with van der Waals surface area (Å²) in [6, 6.07) is 8.92. The summed E-state index contributed by atoms with van der Waals surface area (Å²) in [6.07, 6.45) is 5.86. The standard InChI is InChI=1S/C25H28F2N2O2/c26-17-8-10-21-19(13-17)20-14-18(27)9-11-22(20)29(21)25(16-5-1-2-6-16)23(30)15-28-12-4-3-7-24(28)31/h8-11,13-14,16,23,25,30H,1-7,12,15H2. The van der Waals surface area contributed by atoms with Gasteiger partial charge in [-0.25, -0.2) is 8.78 Å². The first kappa shape index (κ1) is 20.4. The summed E-state index contributed by atoms with van der Waals surface area (Å²) in [5, 5.41) is 12.8. The van der Waals surface area contributed by atoms with Gasteiger partial charge in [-0.1, -0.05) is 12.8 Å². The molecule has 1 amide bonds. The maximum absolute atomic E-state index is 14.1. The molecule has 2 heterocycles. The van der Waals surface area contributed by atoms with Gasteiger partial charge in [0.25, 0.3) is 0 Å². The van der Waals surface area contributed by atoms with Crippen LogP contribution in [-0.4, -0.2) is 39.7 Å². The van der Waals surface area contributed by atoms with Crippen LogP contribution in [0.2, 0.25) is 0 Å². The van der Waals surface area contributed by atoms with E-state index < -0.39 is 6.10 Å². The van der Waals surface area contributed by atoms with Crippen LogP contribution >= 0.6 is 0 Å². The van der Waals surface area contributed by atoms with Gasteiger partial charge in [0, 0.05) is 41.3 Å². The summed E-state index contributed by atoms with van der Waals surface area (Å²) in [4.78, 5) is 14.2. The highest BCUT2D eigenvalue weighted by atomic mass is 19.1. The third-order valence-electron chi connectivity index (χ3n) is 7.13. The molecule has 2 aromatic carbocycles. The minimum absolute atomic E-state index is 0.0989. The predicted molar refractivity (Wildman–Crippen MR) is 117 cm³/mol. The van der Waals surface area contributed by atoms with Crippen LogP contribution in [0.5, 0.6) is 0 Å². The van der Waals surface area contributed by atoms with Crippen LogP contribution in [0.25, 0.3) is 21.8 Å². The Morgan fingerprint density at radius 2 is 1.55 bits per heavy atom. The molecular weight excluding hydrogens is 398 g/mol. The summed E-state index contributed by atoms with van der Waals surface area (Å²) >= 11 is 0. The fraction of sp³-hybridized carbons (Fsp3) is 0.480. The summed E-state index contributed by atoms with van der Waals surface area (Å²) in [6.45, 7) is 0.973. The fourth-order valence-corrected chi connectivity index (χ4v) is 5.70. The second-order valence-electron chi connectivity index (χ2n) is 9.09. The lowest BCUT2D eigenvalue weighted by atomic mass is 9.92. The van der Waals surface area contributed by atoms with Crippen LogP contribution < -0.4 is 0 Å². The molecule has 31 heavy (non-hydrogen) atoms. The first-order valence-corrected chi connectivity index (χ1v) is 11.4. The normalized spacial score (nSPS) is 20.1. The lowest BCUT2D eigenvalue weighted by Crippen LogP contribution is -2.44. The van der Waals surface area contributed by atoms with Crippen LogP contribution in [0.15, 0.2) is 36.4 Å². The number of aliphatic hydroxyl groups is 1. The SMILES string of the molecule is O=C1CCCCN1CC(O)C(C1CCCC1)n1c2ccc(F)cc2c2cc(F)ccc21. The molecule has 4 nitrogen and oxygen atoms in total. The molecule has 0 radical (unpaired) electrons. The van der Waals surface area contributed by atoms with Crippen molar-refractivity contribution in [3.63, 3.8) is 0 Å². The van der Waals surface area contributed by atoms with Gasteiger partial charge in [0.05, 0.1) is 12.1 Å². The number of carbonyl (C=O) groups excluding carboxylic acids is 1. The quantitative estimate of drug-likeness (QED) is 0.611. The van der Waals surface area contributed by atoms with Crippen LogP contribution in [0, 0.1) is 17.6 Å². The van der Waals surface area contributed by atoms with Gasteiger partial charge in [-0.2, -0.15) is 0 Å². The molecule has 1 saturated carbocycles. The maximum Gasteiger partial charge on any atom is 0.222 e. The van der Waals surface area contributed by atoms with E-state index in [0.29, 0.717) is 30.3 Å². The van der Waals surface area contributed by atoms with Crippen LogP contribution in [0.1, 0.15) is 51.0 Å². The lowest BCUT2D eigenvalue weighted by Gasteiger charge is -2.36. The van der Waals surface area contributed by atoms with E-state index in [4.69, 9.17) is 0 Å². The van der Waals surface area contributed by atoms with Gasteiger partial charge < -0.3 is 14.6 Å². The third-order valence-corrected chi connectivity index (χ3v) is 7.13. The number of β-amino-alcohol motifs (C(OH)–C–C–N with tert-alkyl or cyclic N) is 1. The number of amides is 1. The highest BCUT2D eigenvalue weighted by molar-refractivity contribution is 6.08. The fourth-order valence-electron chi connectivity index (χ4n) is 5.70. The molecule has 0 bridgehead atoms. The number of aromatic nitrogens is 1. The number of benzene rings is 2. The number of nitrogens with zero attached hydrogens (tertiary/aromatic N) is 2. The molecular formula is C25H28F2N2O2. The molecule has 5 rings (SSSR count). The molecule has 2 atom stereocenters. The van der Waals surface area contributed by atoms with Crippen molar-refractivity contribution in [2.24, 2.45) is 5.92 Å². The Hall–Kier alpha value is -2.47. The van der Waals surface area contributed by atoms with Crippen LogP contribution in [-0.2, 0) is 4.79 Å². The molecule has 1 aromatic heterocycles. The number of piperidine rings is 1. The molecule has 6 heteroatoms. The van der Waals surface area contributed by atoms with E-state index in [1.54, 1.807) is 17.0 Å². The molecule has 3 aromatic rings. The zero-order valence-electron chi connectivity index (χ0n) is 17.6. The molecule has 0 spiro atoms. The Balaban J connectivity index is 1.64. The topological polar surface area (TPSA) is 45.5 Å². The van der Waals surface area contributed by atoms with Crippen molar-refractivity contribution in [3.8, 4) is 0 Å². The van der Waals surface area contributed by atoms with Gasteiger partial charge in [-0.15, -0.1) is 0 Å². The minimum atomic E-state index is -0.751. The Labute approximate surface area is 180 Å².